The van der Waals surface area contributed by atoms with Crippen LogP contribution in [-0.2, 0) is 6.54 Å². The molecule has 148 valence electrons. The van der Waals surface area contributed by atoms with Gasteiger partial charge in [0.15, 0.2) is 5.43 Å². The lowest BCUT2D eigenvalue weighted by Crippen LogP contribution is -2.29. The third kappa shape index (κ3) is 2.87. The van der Waals surface area contributed by atoms with Gasteiger partial charge in [-0.2, -0.15) is 0 Å². The smallest absolute Gasteiger partial charge is 0.291 e. The predicted octanol–water partition coefficient (Wildman–Crippen LogP) is 4.55. The van der Waals surface area contributed by atoms with E-state index in [1.165, 1.54) is 0 Å². The summed E-state index contributed by atoms with van der Waals surface area (Å²) in [6, 6.07) is 23.7. The summed E-state index contributed by atoms with van der Waals surface area (Å²) in [7, 11) is 1.61. The number of hydrogen-bond acceptors (Lipinski definition) is 4. The minimum absolute atomic E-state index is 0.126. The molecule has 0 fully saturated rings. The van der Waals surface area contributed by atoms with Crippen LogP contribution in [0.5, 0.6) is 5.75 Å². The number of amides is 1. The highest BCUT2D eigenvalue weighted by molar-refractivity contribution is 5.99. The molecule has 2 heterocycles. The molecule has 3 aromatic carbocycles. The van der Waals surface area contributed by atoms with Crippen LogP contribution in [0.1, 0.15) is 33.3 Å². The molecular formula is C25H19NO4. The number of rotatable bonds is 4. The second kappa shape index (κ2) is 7.19. The van der Waals surface area contributed by atoms with E-state index in [0.717, 1.165) is 16.9 Å². The monoisotopic (exact) mass is 397 g/mol. The van der Waals surface area contributed by atoms with Crippen LogP contribution in [-0.4, -0.2) is 17.9 Å². The van der Waals surface area contributed by atoms with E-state index < -0.39 is 6.04 Å². The van der Waals surface area contributed by atoms with E-state index in [1.807, 2.05) is 54.6 Å². The van der Waals surface area contributed by atoms with Crippen LogP contribution in [0.2, 0.25) is 0 Å². The molecule has 1 aromatic heterocycles. The van der Waals surface area contributed by atoms with Gasteiger partial charge in [-0.25, -0.2) is 0 Å². The largest absolute Gasteiger partial charge is 0.497 e. The lowest BCUT2D eigenvalue weighted by molar-refractivity contribution is 0.0714. The van der Waals surface area contributed by atoms with E-state index >= 15 is 0 Å². The van der Waals surface area contributed by atoms with Crippen molar-refractivity contribution in [3.8, 4) is 5.75 Å². The van der Waals surface area contributed by atoms with Gasteiger partial charge in [-0.3, -0.25) is 9.59 Å². The standard InChI is InChI=1S/C25H19NO4/c1-29-18-13-11-16(12-14-18)15-26-22(17-7-3-2-4-8-17)21-23(27)19-9-5-6-10-20(19)30-24(21)25(26)28/h2-14,22H,15H2,1H3. The molecule has 0 aliphatic carbocycles. The molecule has 0 saturated heterocycles. The fourth-order valence-electron chi connectivity index (χ4n) is 4.04. The fourth-order valence-corrected chi connectivity index (χ4v) is 4.04. The van der Waals surface area contributed by atoms with Crippen molar-refractivity contribution in [2.75, 3.05) is 7.11 Å². The molecule has 1 atom stereocenters. The van der Waals surface area contributed by atoms with Crippen molar-refractivity contribution in [2.24, 2.45) is 0 Å². The summed E-state index contributed by atoms with van der Waals surface area (Å²) in [6.07, 6.45) is 0. The molecule has 4 aromatic rings. The Bertz CT molecular complexity index is 1290. The molecule has 1 aliphatic heterocycles. The summed E-state index contributed by atoms with van der Waals surface area (Å²) in [5.41, 5.74) is 2.48. The third-order valence-corrected chi connectivity index (χ3v) is 5.50. The van der Waals surface area contributed by atoms with Gasteiger partial charge in [0, 0.05) is 6.54 Å². The van der Waals surface area contributed by atoms with Crippen LogP contribution in [0.15, 0.2) is 88.1 Å². The van der Waals surface area contributed by atoms with E-state index in [9.17, 15) is 9.59 Å². The van der Waals surface area contributed by atoms with Crippen molar-refractivity contribution in [2.45, 2.75) is 12.6 Å². The summed E-state index contributed by atoms with van der Waals surface area (Å²) in [4.78, 5) is 28.4. The number of carbonyl (C=O) groups excluding carboxylic acids is 1. The van der Waals surface area contributed by atoms with Gasteiger partial charge in [-0.05, 0) is 35.4 Å². The first-order valence-electron chi connectivity index (χ1n) is 9.72. The number of benzene rings is 3. The molecule has 5 heteroatoms. The molecule has 0 N–H and O–H groups in total. The predicted molar refractivity (Wildman–Crippen MR) is 114 cm³/mol. The Hall–Kier alpha value is -3.86. The van der Waals surface area contributed by atoms with Crippen LogP contribution in [0, 0.1) is 0 Å². The number of fused-ring (bicyclic) bond motifs is 2. The Morgan fingerprint density at radius 2 is 1.60 bits per heavy atom. The van der Waals surface area contributed by atoms with E-state index in [4.69, 9.17) is 9.15 Å². The van der Waals surface area contributed by atoms with Crippen LogP contribution < -0.4 is 10.2 Å². The first-order chi connectivity index (χ1) is 14.7. The number of para-hydroxylation sites is 1. The van der Waals surface area contributed by atoms with Gasteiger partial charge in [-0.1, -0.05) is 54.6 Å². The Morgan fingerprint density at radius 1 is 0.900 bits per heavy atom. The topological polar surface area (TPSA) is 59.8 Å². The van der Waals surface area contributed by atoms with E-state index in [0.29, 0.717) is 23.1 Å². The minimum atomic E-state index is -0.503. The zero-order chi connectivity index (χ0) is 20.7. The van der Waals surface area contributed by atoms with Crippen molar-refractivity contribution in [1.29, 1.82) is 0 Å². The molecule has 0 radical (unpaired) electrons. The summed E-state index contributed by atoms with van der Waals surface area (Å²) < 4.78 is 11.2. The third-order valence-electron chi connectivity index (χ3n) is 5.50. The van der Waals surface area contributed by atoms with Crippen LogP contribution in [0.3, 0.4) is 0 Å². The second-order valence-electron chi connectivity index (χ2n) is 7.26. The maximum atomic E-state index is 13.4. The van der Waals surface area contributed by atoms with Crippen LogP contribution in [0.25, 0.3) is 11.0 Å². The van der Waals surface area contributed by atoms with Crippen molar-refractivity contribution < 1.29 is 13.9 Å². The van der Waals surface area contributed by atoms with Crippen LogP contribution in [0.4, 0.5) is 0 Å². The molecule has 1 aliphatic rings. The lowest BCUT2D eigenvalue weighted by atomic mass is 9.98. The molecular weight excluding hydrogens is 378 g/mol. The molecule has 30 heavy (non-hydrogen) atoms. The first-order valence-corrected chi connectivity index (χ1v) is 9.72. The molecule has 0 saturated carbocycles. The van der Waals surface area contributed by atoms with E-state index in [-0.39, 0.29) is 17.1 Å². The summed E-state index contributed by atoms with van der Waals surface area (Å²) in [5.74, 6) is 0.594. The molecule has 1 amide bonds. The van der Waals surface area contributed by atoms with Gasteiger partial charge in [-0.15, -0.1) is 0 Å². The Morgan fingerprint density at radius 3 is 2.33 bits per heavy atom. The molecule has 5 rings (SSSR count). The van der Waals surface area contributed by atoms with Gasteiger partial charge in [0.2, 0.25) is 5.76 Å². The fraction of sp³-hybridized carbons (Fsp3) is 0.120. The number of nitrogens with zero attached hydrogens (tertiary/aromatic N) is 1. The Balaban J connectivity index is 1.67. The van der Waals surface area contributed by atoms with Gasteiger partial charge in [0.25, 0.3) is 5.91 Å². The zero-order valence-corrected chi connectivity index (χ0v) is 16.4. The number of methoxy groups -OCH3 is 1. The van der Waals surface area contributed by atoms with E-state index in [2.05, 4.69) is 0 Å². The number of hydrogen-bond donors (Lipinski definition) is 0. The number of ether oxygens (including phenoxy) is 1. The van der Waals surface area contributed by atoms with Crippen molar-refractivity contribution in [3.05, 3.63) is 112 Å². The average molecular weight is 397 g/mol. The van der Waals surface area contributed by atoms with Crippen molar-refractivity contribution >= 4 is 16.9 Å². The highest BCUT2D eigenvalue weighted by Gasteiger charge is 2.42. The number of carbonyl (C=O) groups is 1. The maximum Gasteiger partial charge on any atom is 0.291 e. The first kappa shape index (κ1) is 18.2. The lowest BCUT2D eigenvalue weighted by Gasteiger charge is -2.25. The molecule has 1 unspecified atom stereocenters. The minimum Gasteiger partial charge on any atom is -0.497 e. The summed E-state index contributed by atoms with van der Waals surface area (Å²) in [5, 5.41) is 0.483. The highest BCUT2D eigenvalue weighted by atomic mass is 16.5. The van der Waals surface area contributed by atoms with Crippen LogP contribution >= 0.6 is 0 Å². The van der Waals surface area contributed by atoms with Gasteiger partial charge >= 0.3 is 0 Å². The highest BCUT2D eigenvalue weighted by Crippen LogP contribution is 2.39. The molecule has 5 nitrogen and oxygen atoms in total. The zero-order valence-electron chi connectivity index (χ0n) is 16.4. The molecule has 0 spiro atoms. The van der Waals surface area contributed by atoms with E-state index in [1.54, 1.807) is 36.3 Å². The molecule has 0 bridgehead atoms. The van der Waals surface area contributed by atoms with Crippen molar-refractivity contribution in [3.63, 3.8) is 0 Å². The Labute approximate surface area is 173 Å². The summed E-state index contributed by atoms with van der Waals surface area (Å²) >= 11 is 0. The Kier molecular flexibility index (Phi) is 4.36. The SMILES string of the molecule is COc1ccc(CN2C(=O)c3oc4ccccc4c(=O)c3C2c2ccccc2)cc1. The van der Waals surface area contributed by atoms with Gasteiger partial charge in [0.05, 0.1) is 24.1 Å². The van der Waals surface area contributed by atoms with Crippen molar-refractivity contribution in [1.82, 2.24) is 4.90 Å². The second-order valence-corrected chi connectivity index (χ2v) is 7.26. The van der Waals surface area contributed by atoms with Gasteiger partial charge < -0.3 is 14.1 Å². The maximum absolute atomic E-state index is 13.4. The average Bonchev–Trinajstić information content (AvgIpc) is 3.07. The normalized spacial score (nSPS) is 15.4. The summed E-state index contributed by atoms with van der Waals surface area (Å²) in [6.45, 7) is 0.350. The quantitative estimate of drug-likeness (QED) is 0.507. The van der Waals surface area contributed by atoms with Gasteiger partial charge in [0.1, 0.15) is 11.3 Å².